The summed E-state index contributed by atoms with van der Waals surface area (Å²) in [5.41, 5.74) is -0.316. The Labute approximate surface area is 198 Å². The van der Waals surface area contributed by atoms with Gasteiger partial charge in [-0.15, -0.1) is 0 Å². The molecule has 10 heteroatoms. The minimum atomic E-state index is -4.67. The molecule has 1 N–H and O–H groups in total. The van der Waals surface area contributed by atoms with E-state index in [0.29, 0.717) is 12.6 Å². The molecule has 0 saturated heterocycles. The molecule has 3 rings (SSSR count). The second-order valence-corrected chi connectivity index (χ2v) is 10.3. The fourth-order valence-corrected chi connectivity index (χ4v) is 4.82. The highest BCUT2D eigenvalue weighted by Gasteiger charge is 2.32. The van der Waals surface area contributed by atoms with Gasteiger partial charge in [-0.1, -0.05) is 37.5 Å². The summed E-state index contributed by atoms with van der Waals surface area (Å²) in [6.07, 6.45) is 0.694. The molecule has 0 bridgehead atoms. The molecule has 0 radical (unpaired) electrons. The first-order valence-corrected chi connectivity index (χ1v) is 12.6. The van der Waals surface area contributed by atoms with Gasteiger partial charge >= 0.3 is 22.3 Å². The van der Waals surface area contributed by atoms with Gasteiger partial charge in [0.1, 0.15) is 10.6 Å². The number of carbonyl (C=O) groups excluding carboxylic acids is 1. The van der Waals surface area contributed by atoms with E-state index in [9.17, 15) is 26.4 Å². The highest BCUT2D eigenvalue weighted by atomic mass is 32.2. The van der Waals surface area contributed by atoms with Gasteiger partial charge in [-0.3, -0.25) is 0 Å². The third-order valence-electron chi connectivity index (χ3n) is 5.75. The summed E-state index contributed by atoms with van der Waals surface area (Å²) < 4.78 is 68.7. The van der Waals surface area contributed by atoms with E-state index >= 15 is 0 Å². The molecule has 1 fully saturated rings. The number of halogens is 3. The number of nitrogens with zero attached hydrogens (tertiary/aromatic N) is 1. The SMILES string of the molecule is CC(C)N(Cc1ccc(OS(=O)(=O)c2cccc(C(F)(F)F)c2)cc1)C(=O)NC1CCCCC1. The fraction of sp³-hybridized carbons (Fsp3) is 0.458. The molecule has 1 aliphatic rings. The average Bonchev–Trinajstić information content (AvgIpc) is 2.78. The van der Waals surface area contributed by atoms with Crippen molar-refractivity contribution in [3.05, 3.63) is 59.7 Å². The van der Waals surface area contributed by atoms with Crippen molar-refractivity contribution in [2.75, 3.05) is 0 Å². The average molecular weight is 499 g/mol. The molecule has 0 aromatic heterocycles. The standard InChI is InChI=1S/C24H29F3N2O4S/c1-17(2)29(23(30)28-20-8-4-3-5-9-20)16-18-11-13-21(14-12-18)33-34(31,32)22-10-6-7-19(15-22)24(25,26)27/h6-7,10-15,17,20H,3-5,8-9,16H2,1-2H3,(H,28,30). The van der Waals surface area contributed by atoms with Gasteiger partial charge in [0.2, 0.25) is 0 Å². The van der Waals surface area contributed by atoms with Crippen LogP contribution in [0.15, 0.2) is 53.4 Å². The molecular formula is C24H29F3N2O4S. The number of benzene rings is 2. The van der Waals surface area contributed by atoms with Crippen molar-refractivity contribution in [1.82, 2.24) is 10.2 Å². The topological polar surface area (TPSA) is 75.7 Å². The van der Waals surface area contributed by atoms with Gasteiger partial charge < -0.3 is 14.4 Å². The molecule has 6 nitrogen and oxygen atoms in total. The van der Waals surface area contributed by atoms with Crippen LogP contribution in [0.1, 0.15) is 57.1 Å². The van der Waals surface area contributed by atoms with E-state index < -0.39 is 26.8 Å². The molecular weight excluding hydrogens is 469 g/mol. The van der Waals surface area contributed by atoms with E-state index in [4.69, 9.17) is 4.18 Å². The quantitative estimate of drug-likeness (QED) is 0.495. The number of hydrogen-bond acceptors (Lipinski definition) is 4. The Kier molecular flexibility index (Phi) is 8.12. The van der Waals surface area contributed by atoms with Crippen LogP contribution in [0.5, 0.6) is 5.75 Å². The lowest BCUT2D eigenvalue weighted by Gasteiger charge is -2.31. The minimum Gasteiger partial charge on any atom is -0.379 e. The van der Waals surface area contributed by atoms with Gasteiger partial charge in [0.15, 0.2) is 0 Å². The van der Waals surface area contributed by atoms with Crippen LogP contribution >= 0.6 is 0 Å². The molecule has 0 aliphatic heterocycles. The summed E-state index contributed by atoms with van der Waals surface area (Å²) >= 11 is 0. The normalized spacial score (nSPS) is 15.2. The number of urea groups is 1. The molecule has 0 spiro atoms. The number of rotatable bonds is 7. The Morgan fingerprint density at radius 1 is 1.09 bits per heavy atom. The van der Waals surface area contributed by atoms with Gasteiger partial charge in [0.05, 0.1) is 5.56 Å². The molecule has 186 valence electrons. The van der Waals surface area contributed by atoms with Gasteiger partial charge in [-0.2, -0.15) is 21.6 Å². The maximum Gasteiger partial charge on any atom is 0.416 e. The van der Waals surface area contributed by atoms with E-state index in [2.05, 4.69) is 5.32 Å². The van der Waals surface area contributed by atoms with Crippen molar-refractivity contribution in [1.29, 1.82) is 0 Å². The Balaban J connectivity index is 1.67. The second kappa shape index (κ2) is 10.7. The smallest absolute Gasteiger partial charge is 0.379 e. The van der Waals surface area contributed by atoms with Crippen LogP contribution in [0.4, 0.5) is 18.0 Å². The van der Waals surface area contributed by atoms with E-state index in [-0.39, 0.29) is 23.9 Å². The molecule has 34 heavy (non-hydrogen) atoms. The van der Waals surface area contributed by atoms with Crippen LogP contribution in [-0.2, 0) is 22.8 Å². The van der Waals surface area contributed by atoms with Crippen LogP contribution in [0, 0.1) is 0 Å². The van der Waals surface area contributed by atoms with Crippen LogP contribution in [0.25, 0.3) is 0 Å². The first-order chi connectivity index (χ1) is 16.0. The van der Waals surface area contributed by atoms with Gasteiger partial charge in [-0.25, -0.2) is 4.79 Å². The van der Waals surface area contributed by atoms with Crippen molar-refractivity contribution < 1.29 is 30.6 Å². The fourth-order valence-electron chi connectivity index (χ4n) is 3.84. The number of nitrogens with one attached hydrogen (secondary N) is 1. The number of hydrogen-bond donors (Lipinski definition) is 1. The highest BCUT2D eigenvalue weighted by Crippen LogP contribution is 2.31. The van der Waals surface area contributed by atoms with Crippen LogP contribution in [-0.4, -0.2) is 31.4 Å². The molecule has 0 unspecified atom stereocenters. The third-order valence-corrected chi connectivity index (χ3v) is 6.99. The van der Waals surface area contributed by atoms with E-state index in [1.807, 2.05) is 13.8 Å². The highest BCUT2D eigenvalue weighted by molar-refractivity contribution is 7.87. The van der Waals surface area contributed by atoms with E-state index in [1.165, 1.54) is 18.6 Å². The molecule has 2 aromatic rings. The molecule has 0 heterocycles. The van der Waals surface area contributed by atoms with Gasteiger partial charge in [0, 0.05) is 18.6 Å². The summed E-state index contributed by atoms with van der Waals surface area (Å²) in [5, 5.41) is 3.10. The molecule has 2 aromatic carbocycles. The van der Waals surface area contributed by atoms with Crippen molar-refractivity contribution in [2.45, 2.75) is 75.7 Å². The summed E-state index contributed by atoms with van der Waals surface area (Å²) in [4.78, 5) is 13.9. The number of amides is 2. The summed E-state index contributed by atoms with van der Waals surface area (Å²) in [5.74, 6) is -0.0380. The van der Waals surface area contributed by atoms with E-state index in [0.717, 1.165) is 49.4 Å². The zero-order valence-corrected chi connectivity index (χ0v) is 20.0. The van der Waals surface area contributed by atoms with E-state index in [1.54, 1.807) is 17.0 Å². The Morgan fingerprint density at radius 3 is 2.32 bits per heavy atom. The lowest BCUT2D eigenvalue weighted by atomic mass is 9.96. The lowest BCUT2D eigenvalue weighted by Crippen LogP contribution is -2.47. The van der Waals surface area contributed by atoms with Crippen molar-refractivity contribution >= 4 is 16.1 Å². The monoisotopic (exact) mass is 498 g/mol. The lowest BCUT2D eigenvalue weighted by molar-refractivity contribution is -0.137. The minimum absolute atomic E-state index is 0.0380. The second-order valence-electron chi connectivity index (χ2n) is 8.71. The number of alkyl halides is 3. The Morgan fingerprint density at radius 2 is 1.74 bits per heavy atom. The molecule has 2 amide bonds. The maximum absolute atomic E-state index is 12.9. The first-order valence-electron chi connectivity index (χ1n) is 11.2. The number of carbonyl (C=O) groups is 1. The Bertz CT molecular complexity index is 1080. The molecule has 1 saturated carbocycles. The summed E-state index contributed by atoms with van der Waals surface area (Å²) in [6.45, 7) is 4.15. The van der Waals surface area contributed by atoms with Crippen LogP contribution < -0.4 is 9.50 Å². The zero-order valence-electron chi connectivity index (χ0n) is 19.1. The third kappa shape index (κ3) is 6.88. The summed E-state index contributed by atoms with van der Waals surface area (Å²) in [7, 11) is -4.45. The molecule has 1 aliphatic carbocycles. The van der Waals surface area contributed by atoms with Crippen molar-refractivity contribution in [2.24, 2.45) is 0 Å². The zero-order chi connectivity index (χ0) is 24.9. The largest absolute Gasteiger partial charge is 0.416 e. The van der Waals surface area contributed by atoms with Gasteiger partial charge in [0.25, 0.3) is 0 Å². The van der Waals surface area contributed by atoms with Crippen LogP contribution in [0.2, 0.25) is 0 Å². The maximum atomic E-state index is 12.9. The Hall–Kier alpha value is -2.75. The van der Waals surface area contributed by atoms with Crippen molar-refractivity contribution in [3.8, 4) is 5.75 Å². The van der Waals surface area contributed by atoms with Crippen LogP contribution in [0.3, 0.4) is 0 Å². The van der Waals surface area contributed by atoms with Gasteiger partial charge in [-0.05, 0) is 62.6 Å². The molecule has 0 atom stereocenters. The first kappa shape index (κ1) is 25.9. The van der Waals surface area contributed by atoms with Crippen molar-refractivity contribution in [3.63, 3.8) is 0 Å². The predicted molar refractivity (Wildman–Crippen MR) is 122 cm³/mol. The summed E-state index contributed by atoms with van der Waals surface area (Å²) in [6, 6.07) is 9.45. The predicted octanol–water partition coefficient (Wildman–Crippen LogP) is 5.73.